The number of amides is 1. The summed E-state index contributed by atoms with van der Waals surface area (Å²) in [6, 6.07) is 62.2. The Morgan fingerprint density at radius 1 is 0.333 bits per heavy atom. The zero-order valence-electron chi connectivity index (χ0n) is 96.6. The predicted octanol–water partition coefficient (Wildman–Crippen LogP) is 39.4. The first-order valence-corrected chi connectivity index (χ1v) is 59.5. The van der Waals surface area contributed by atoms with Gasteiger partial charge in [-0.25, -0.2) is 0 Å². The molecule has 17 rings (SSSR count). The van der Waals surface area contributed by atoms with Gasteiger partial charge in [0.05, 0.1) is 13.2 Å². The molecule has 8 heterocycles. The van der Waals surface area contributed by atoms with Gasteiger partial charge >= 0.3 is 6.36 Å². The topological polar surface area (TPSA) is 61.5 Å². The molecule has 0 aromatic heterocycles. The van der Waals surface area contributed by atoms with E-state index in [9.17, 15) is 18.0 Å². The molecule has 8 aliphatic rings. The molecular formula is C126H187Cl10F3N8O3. The molecule has 0 unspecified atom stereocenters. The summed E-state index contributed by atoms with van der Waals surface area (Å²) in [5, 5.41) is 6.59. The number of carbonyl (C=O) groups excluding carboxylic acids is 1. The van der Waals surface area contributed by atoms with Crippen LogP contribution in [0.1, 0.15) is 328 Å². The minimum atomic E-state index is -4.70. The van der Waals surface area contributed by atoms with E-state index >= 15 is 0 Å². The number of rotatable bonds is 19. The molecule has 0 radical (unpaired) electrons. The third-order valence-corrected chi connectivity index (χ3v) is 29.4. The summed E-state index contributed by atoms with van der Waals surface area (Å²) < 4.78 is 46.0. The number of nitrogens with zero attached hydrogens (tertiary/aromatic N) is 8. The van der Waals surface area contributed by atoms with Gasteiger partial charge in [-0.3, -0.25) is 39.1 Å². The minimum absolute atomic E-state index is 0.0220. The molecule has 11 nitrogen and oxygen atoms in total. The van der Waals surface area contributed by atoms with Crippen LogP contribution in [0.2, 0.25) is 50.2 Å². The maximum Gasteiger partial charge on any atom is 0.573 e. The van der Waals surface area contributed by atoms with Crippen LogP contribution >= 0.6 is 116 Å². The Labute approximate surface area is 958 Å². The first-order chi connectivity index (χ1) is 71.4. The van der Waals surface area contributed by atoms with Crippen molar-refractivity contribution in [3.05, 3.63) is 299 Å². The summed E-state index contributed by atoms with van der Waals surface area (Å²) in [6.45, 7) is 82.7. The Hall–Kier alpha value is -5.54. The highest BCUT2D eigenvalue weighted by Crippen LogP contribution is 2.41. The lowest BCUT2D eigenvalue weighted by Gasteiger charge is -2.46. The first-order valence-electron chi connectivity index (χ1n) is 55.7. The van der Waals surface area contributed by atoms with Crippen LogP contribution in [0.3, 0.4) is 0 Å². The van der Waals surface area contributed by atoms with E-state index in [0.29, 0.717) is 51.0 Å². The summed E-state index contributed by atoms with van der Waals surface area (Å²) in [7, 11) is 1.67. The molecule has 150 heavy (non-hydrogen) atoms. The molecule has 9 aromatic carbocycles. The average molecular weight is 2270 g/mol. The maximum atomic E-state index is 12.3. The average Bonchev–Trinajstić information content (AvgIpc) is 1.18. The molecule has 8 fully saturated rings. The van der Waals surface area contributed by atoms with E-state index in [-0.39, 0.29) is 22.7 Å². The normalized spacial score (nSPS) is 19.6. The highest BCUT2D eigenvalue weighted by Gasteiger charge is 2.38. The fraction of sp³-hybridized carbons (Fsp3) is 0.563. The molecule has 24 heteroatoms. The molecule has 1 amide bonds. The molecule has 0 bridgehead atoms. The number of alkyl halides is 3. The quantitative estimate of drug-likeness (QED) is 0.0782. The highest BCUT2D eigenvalue weighted by atomic mass is 35.5. The number of benzene rings is 9. The lowest BCUT2D eigenvalue weighted by molar-refractivity contribution is -0.274. The van der Waals surface area contributed by atoms with Crippen molar-refractivity contribution >= 4 is 122 Å². The number of hydrogen-bond acceptors (Lipinski definition) is 10. The number of hydrogen-bond donors (Lipinski definition) is 0. The minimum Gasteiger partial charge on any atom is -0.497 e. The van der Waals surface area contributed by atoms with E-state index in [2.05, 4.69) is 227 Å². The smallest absolute Gasteiger partial charge is 0.497 e. The number of likely N-dealkylation sites (tertiary alicyclic amines) is 8. The summed E-state index contributed by atoms with van der Waals surface area (Å²) in [5.41, 5.74) is 13.7. The van der Waals surface area contributed by atoms with E-state index in [0.717, 1.165) is 141 Å². The number of aryl methyl sites for hydroxylation is 2. The number of carbonyl (C=O) groups is 1. The molecule has 10 atom stereocenters. The summed E-state index contributed by atoms with van der Waals surface area (Å²) in [4.78, 5) is 31.3. The van der Waals surface area contributed by atoms with Gasteiger partial charge < -0.3 is 14.4 Å². The van der Waals surface area contributed by atoms with Gasteiger partial charge in [0.25, 0.3) is 5.91 Å². The van der Waals surface area contributed by atoms with Crippen molar-refractivity contribution in [2.45, 2.75) is 302 Å². The van der Waals surface area contributed by atoms with Gasteiger partial charge in [-0.2, -0.15) is 0 Å². The van der Waals surface area contributed by atoms with E-state index in [4.69, 9.17) is 121 Å². The van der Waals surface area contributed by atoms with Crippen LogP contribution in [0, 0.1) is 66.6 Å². The van der Waals surface area contributed by atoms with Crippen molar-refractivity contribution in [2.24, 2.45) is 52.8 Å². The van der Waals surface area contributed by atoms with E-state index < -0.39 is 6.36 Å². The van der Waals surface area contributed by atoms with Crippen molar-refractivity contribution in [1.82, 2.24) is 39.2 Å². The lowest BCUT2D eigenvalue weighted by Crippen LogP contribution is -2.49. The number of halogens is 13. The van der Waals surface area contributed by atoms with Crippen LogP contribution in [0.25, 0.3) is 0 Å². The van der Waals surface area contributed by atoms with Crippen LogP contribution in [0.15, 0.2) is 188 Å². The molecule has 0 spiro atoms. The fourth-order valence-electron chi connectivity index (χ4n) is 19.7. The molecule has 8 saturated heterocycles. The largest absolute Gasteiger partial charge is 0.573 e. The summed E-state index contributed by atoms with van der Waals surface area (Å²) in [6.07, 6.45) is 5.35. The summed E-state index contributed by atoms with van der Waals surface area (Å²) in [5.74, 6) is 6.77. The Morgan fingerprint density at radius 2 is 0.673 bits per heavy atom. The van der Waals surface area contributed by atoms with Crippen LogP contribution in [0.5, 0.6) is 11.5 Å². The third-order valence-electron chi connectivity index (χ3n) is 27.2. The Morgan fingerprint density at radius 3 is 1.03 bits per heavy atom. The van der Waals surface area contributed by atoms with Crippen LogP contribution < -0.4 is 9.47 Å². The SMILES string of the molecule is CC.CC.CC.CC.CC.CC.CC.CC(C)(C)CC1CN(C(c2ccccc2)c2ccccc2)C1.COc1cc(Cl)cc(CN2CC[C@@H](C)C2)c1.C[C@@H]1CCN(C(=O)c2cc(Cl)cc(Cl)c2)C1.C[C@@H]1CCN([C@@H](C)c2cc(Cl)cc(Cl)c2)C1.C[C@@H]1CCN([C@H](C)c2cc(Cl)cc(Cl)c2)C1.C[C@@H]1CCN([C@H](C)c2cc(Cl)cc(OC(F)(F)F)c2)C1.Cc1cc(Cl)ccc1CN1CC[C@@H](C)C1.Cc1ccc(Cl)cc1CN1CC[C@@H](C)C1. The zero-order chi connectivity index (χ0) is 113. The van der Waals surface area contributed by atoms with Crippen molar-refractivity contribution in [3.63, 3.8) is 0 Å². The van der Waals surface area contributed by atoms with Crippen molar-refractivity contribution in [3.8, 4) is 11.5 Å². The highest BCUT2D eigenvalue weighted by molar-refractivity contribution is 6.36. The van der Waals surface area contributed by atoms with Gasteiger partial charge in [0.2, 0.25) is 0 Å². The fourth-order valence-corrected chi connectivity index (χ4v) is 22.2. The van der Waals surface area contributed by atoms with Crippen LogP contribution in [-0.4, -0.2) is 163 Å². The second kappa shape index (κ2) is 73.9. The van der Waals surface area contributed by atoms with Crippen molar-refractivity contribution < 1.29 is 27.4 Å². The van der Waals surface area contributed by atoms with Crippen LogP contribution in [0.4, 0.5) is 13.2 Å². The van der Waals surface area contributed by atoms with Crippen LogP contribution in [-0.2, 0) is 19.6 Å². The third kappa shape index (κ3) is 51.4. The maximum absolute atomic E-state index is 12.3. The standard InChI is InChI=1S/C21H27N.C14H17ClF3NO.2C13H17Cl2N.C13H18ClNO.2C13H18ClN.C12H13Cl2NO.7C2H6/c1-21(2,3)14-17-15-22(16-17)20(18-10-6-4-7-11-18)19-12-8-5-9-13-19;1-9-3-4-19(8-9)10(2)11-5-12(15)7-13(6-11)20-14(16,17)18;2*1-9-3-4-16(8-9)10(2)11-5-12(14)7-13(15)6-11;1-10-3-4-15(8-10)9-11-5-12(14)7-13(6-11)16-2;1-10-5-6-15(8-10)9-12-3-4-13(14)7-11(12)2;1-10-5-6-15(8-10)9-12-7-13(14)4-3-11(12)2;1-8-2-3-15(7-8)12(16)9-4-10(13)6-11(14)5-9;7*1-2/h4-13,17,20H,14-16H2,1-3H3;5-7,9-10H,3-4,8H2,1-2H3;2*5-7,9-10H,3-4,8H2,1-2H3;5-7,10H,3-4,8-9H2,1-2H3;2*3-4,7,10H,5-6,8-9H2,1-2H3;4-6,8H,2-3,7H2,1H3;7*1-2H3/t;9-,10-;9-,10+;9-,10-;3*10-;8-;;;;;;;/m.1111111......./s1. The van der Waals surface area contributed by atoms with E-state index in [1.807, 2.05) is 157 Å². The van der Waals surface area contributed by atoms with E-state index in [1.54, 1.807) is 43.5 Å². The van der Waals surface area contributed by atoms with Gasteiger partial charge in [0.15, 0.2) is 0 Å². The Kier molecular flexibility index (Phi) is 68.3. The molecule has 9 aromatic rings. The monoisotopic (exact) mass is 2270 g/mol. The molecule has 840 valence electrons. The Bertz CT molecular complexity index is 5040. The van der Waals surface area contributed by atoms with Gasteiger partial charge in [-0.15, -0.1) is 13.2 Å². The van der Waals surface area contributed by atoms with Gasteiger partial charge in [-0.1, -0.05) is 355 Å². The van der Waals surface area contributed by atoms with Crippen molar-refractivity contribution in [2.75, 3.05) is 112 Å². The number of ether oxygens (including phenoxy) is 2. The molecule has 0 aliphatic carbocycles. The number of methoxy groups -OCH3 is 1. The molecular weight excluding hydrogens is 2080 g/mol. The predicted molar refractivity (Wildman–Crippen MR) is 649 cm³/mol. The van der Waals surface area contributed by atoms with Gasteiger partial charge in [-0.05, 0) is 349 Å². The molecule has 8 aliphatic heterocycles. The second-order valence-electron chi connectivity index (χ2n) is 41.0. The van der Waals surface area contributed by atoms with Gasteiger partial charge in [0.1, 0.15) is 11.5 Å². The van der Waals surface area contributed by atoms with Crippen molar-refractivity contribution in [1.29, 1.82) is 0 Å². The second-order valence-corrected chi connectivity index (χ2v) is 45.4. The van der Waals surface area contributed by atoms with E-state index in [1.165, 1.54) is 179 Å². The summed E-state index contributed by atoms with van der Waals surface area (Å²) >= 11 is 59.7. The lowest BCUT2D eigenvalue weighted by atomic mass is 9.79. The zero-order valence-corrected chi connectivity index (χ0v) is 104. The van der Waals surface area contributed by atoms with Gasteiger partial charge in [0, 0.05) is 159 Å². The first kappa shape index (κ1) is 139. The molecule has 0 N–H and O–H groups in total. The Balaban J connectivity index is 0.000000434. The molecule has 0 saturated carbocycles.